The molecule has 1 aliphatic heterocycles. The Hall–Kier alpha value is -4.02. The minimum Gasteiger partial charge on any atom is -0.438 e. The quantitative estimate of drug-likeness (QED) is 0.518. The van der Waals surface area contributed by atoms with Crippen LogP contribution in [0.15, 0.2) is 41.4 Å². The van der Waals surface area contributed by atoms with Gasteiger partial charge < -0.3 is 14.6 Å². The molecule has 5 rings (SSSR count). The molecule has 146 valence electrons. The topological polar surface area (TPSA) is 134 Å². The second-order valence-corrected chi connectivity index (χ2v) is 6.60. The molecule has 11 heteroatoms. The third kappa shape index (κ3) is 3.02. The van der Waals surface area contributed by atoms with E-state index in [-0.39, 0.29) is 24.1 Å². The van der Waals surface area contributed by atoms with Crippen LogP contribution in [0.5, 0.6) is 0 Å². The molecule has 29 heavy (non-hydrogen) atoms. The van der Waals surface area contributed by atoms with E-state index in [9.17, 15) is 9.59 Å². The number of fused-ring (bicyclic) bond motifs is 2. The zero-order valence-corrected chi connectivity index (χ0v) is 15.2. The highest BCUT2D eigenvalue weighted by molar-refractivity contribution is 5.94. The van der Waals surface area contributed by atoms with E-state index in [1.54, 1.807) is 4.90 Å². The van der Waals surface area contributed by atoms with Gasteiger partial charge in [0.05, 0.1) is 25.0 Å². The molecule has 0 bridgehead atoms. The molecule has 0 spiro atoms. The molecule has 0 saturated heterocycles. The van der Waals surface area contributed by atoms with Crippen molar-refractivity contribution in [3.05, 3.63) is 65.5 Å². The molecule has 0 atom stereocenters. The molecule has 0 fully saturated rings. The number of hydrogen-bond donors (Lipinski definition) is 2. The molecule has 2 amide bonds. The number of pyridine rings is 1. The van der Waals surface area contributed by atoms with Crippen molar-refractivity contribution >= 4 is 17.5 Å². The summed E-state index contributed by atoms with van der Waals surface area (Å²) in [6.45, 7) is 1.01. The third-order valence-corrected chi connectivity index (χ3v) is 4.87. The van der Waals surface area contributed by atoms with Crippen LogP contribution in [0.25, 0.3) is 5.65 Å². The van der Waals surface area contributed by atoms with Gasteiger partial charge in [0.15, 0.2) is 23.6 Å². The van der Waals surface area contributed by atoms with Gasteiger partial charge in [0.1, 0.15) is 0 Å². The molecule has 0 saturated carbocycles. The van der Waals surface area contributed by atoms with Crippen molar-refractivity contribution in [1.29, 1.82) is 0 Å². The van der Waals surface area contributed by atoms with Gasteiger partial charge in [0.2, 0.25) is 5.76 Å². The summed E-state index contributed by atoms with van der Waals surface area (Å²) < 4.78 is 6.89. The summed E-state index contributed by atoms with van der Waals surface area (Å²) in [5.41, 5.74) is 2.60. The van der Waals surface area contributed by atoms with Gasteiger partial charge in [-0.25, -0.2) is 4.98 Å². The fraction of sp³-hybridized carbons (Fsp3) is 0.222. The molecule has 0 aliphatic carbocycles. The van der Waals surface area contributed by atoms with Crippen LogP contribution in [0.3, 0.4) is 0 Å². The smallest absolute Gasteiger partial charge is 0.291 e. The highest BCUT2D eigenvalue weighted by atomic mass is 16.3. The SMILES string of the molecule is O=C(NCc1nnc2ccccn12)c1n[nH]c2c1CCN(C(=O)c1cnco1)C2. The summed E-state index contributed by atoms with van der Waals surface area (Å²) in [6, 6.07) is 5.59. The Kier molecular flexibility index (Phi) is 4.04. The maximum Gasteiger partial charge on any atom is 0.291 e. The van der Waals surface area contributed by atoms with Gasteiger partial charge in [-0.15, -0.1) is 10.2 Å². The normalized spacial score (nSPS) is 13.4. The summed E-state index contributed by atoms with van der Waals surface area (Å²) in [4.78, 5) is 30.5. The number of nitrogens with zero attached hydrogens (tertiary/aromatic N) is 6. The Morgan fingerprint density at radius 1 is 1.28 bits per heavy atom. The van der Waals surface area contributed by atoms with Gasteiger partial charge in [0.25, 0.3) is 11.8 Å². The number of amides is 2. The fourth-order valence-corrected chi connectivity index (χ4v) is 3.41. The molecule has 0 unspecified atom stereocenters. The largest absolute Gasteiger partial charge is 0.438 e. The second-order valence-electron chi connectivity index (χ2n) is 6.60. The van der Waals surface area contributed by atoms with Crippen LogP contribution in [0.1, 0.15) is 38.1 Å². The van der Waals surface area contributed by atoms with E-state index < -0.39 is 0 Å². The van der Waals surface area contributed by atoms with Crippen LogP contribution in [-0.4, -0.2) is 53.0 Å². The number of oxazole rings is 1. The number of hydrogen-bond acceptors (Lipinski definition) is 7. The molecule has 0 radical (unpaired) electrons. The first-order chi connectivity index (χ1) is 14.2. The average molecular weight is 392 g/mol. The Bertz CT molecular complexity index is 1190. The van der Waals surface area contributed by atoms with Crippen molar-refractivity contribution < 1.29 is 14.0 Å². The predicted molar refractivity (Wildman–Crippen MR) is 97.7 cm³/mol. The molecular formula is C18H16N8O3. The van der Waals surface area contributed by atoms with Crippen molar-refractivity contribution in [2.45, 2.75) is 19.5 Å². The Morgan fingerprint density at radius 3 is 3.07 bits per heavy atom. The lowest BCUT2D eigenvalue weighted by Gasteiger charge is -2.25. The van der Waals surface area contributed by atoms with Crippen LogP contribution in [0, 0.1) is 0 Å². The summed E-state index contributed by atoms with van der Waals surface area (Å²) in [5.74, 6) is 0.270. The molecule has 1 aliphatic rings. The lowest BCUT2D eigenvalue weighted by atomic mass is 10.0. The standard InChI is InChI=1S/C18H16N8O3/c27-17(20-8-15-23-22-14-3-1-2-5-26(14)15)16-11-4-6-25(9-12(11)21-24-16)18(28)13-7-19-10-29-13/h1-3,5,7,10H,4,6,8-9H2,(H,20,27)(H,21,24). The van der Waals surface area contributed by atoms with Gasteiger partial charge in [-0.2, -0.15) is 5.10 Å². The lowest BCUT2D eigenvalue weighted by molar-refractivity contribution is 0.0700. The van der Waals surface area contributed by atoms with Gasteiger partial charge in [-0.3, -0.25) is 19.1 Å². The maximum atomic E-state index is 12.7. The Morgan fingerprint density at radius 2 is 2.21 bits per heavy atom. The minimum atomic E-state index is -0.301. The molecule has 11 nitrogen and oxygen atoms in total. The maximum absolute atomic E-state index is 12.7. The number of aromatic amines is 1. The van der Waals surface area contributed by atoms with Gasteiger partial charge in [-0.1, -0.05) is 6.07 Å². The molecule has 5 heterocycles. The van der Waals surface area contributed by atoms with Gasteiger partial charge in [0, 0.05) is 18.3 Å². The van der Waals surface area contributed by atoms with E-state index in [1.165, 1.54) is 12.6 Å². The summed E-state index contributed by atoms with van der Waals surface area (Å²) in [6.07, 6.45) is 4.97. The van der Waals surface area contributed by atoms with Gasteiger partial charge >= 0.3 is 0 Å². The number of nitrogens with one attached hydrogen (secondary N) is 2. The molecule has 4 aromatic heterocycles. The second kappa shape index (κ2) is 6.86. The van der Waals surface area contributed by atoms with Crippen molar-refractivity contribution in [2.75, 3.05) is 6.54 Å². The first-order valence-corrected chi connectivity index (χ1v) is 9.01. The number of H-pyrrole nitrogens is 1. The zero-order valence-electron chi connectivity index (χ0n) is 15.2. The van der Waals surface area contributed by atoms with E-state index in [4.69, 9.17) is 4.42 Å². The summed E-state index contributed by atoms with van der Waals surface area (Å²) in [5, 5.41) is 18.0. The van der Waals surface area contributed by atoms with Crippen LogP contribution in [0.4, 0.5) is 0 Å². The van der Waals surface area contributed by atoms with Crippen LogP contribution >= 0.6 is 0 Å². The number of rotatable bonds is 4. The molecule has 2 N–H and O–H groups in total. The van der Waals surface area contributed by atoms with E-state index >= 15 is 0 Å². The molecular weight excluding hydrogens is 376 g/mol. The average Bonchev–Trinajstić information content (AvgIpc) is 3.50. The van der Waals surface area contributed by atoms with E-state index in [1.807, 2.05) is 28.8 Å². The lowest BCUT2D eigenvalue weighted by Crippen LogP contribution is -2.36. The Labute approximate surface area is 163 Å². The van der Waals surface area contributed by atoms with E-state index in [0.717, 1.165) is 11.3 Å². The summed E-state index contributed by atoms with van der Waals surface area (Å²) >= 11 is 0. The van der Waals surface area contributed by atoms with Crippen LogP contribution in [0.2, 0.25) is 0 Å². The molecule has 4 aromatic rings. The number of carbonyl (C=O) groups excluding carboxylic acids is 2. The van der Waals surface area contributed by atoms with Crippen molar-refractivity contribution in [1.82, 2.24) is 40.0 Å². The van der Waals surface area contributed by atoms with Crippen molar-refractivity contribution in [3.63, 3.8) is 0 Å². The third-order valence-electron chi connectivity index (χ3n) is 4.87. The molecule has 0 aromatic carbocycles. The zero-order chi connectivity index (χ0) is 19.8. The van der Waals surface area contributed by atoms with Crippen LogP contribution in [-0.2, 0) is 19.5 Å². The van der Waals surface area contributed by atoms with Crippen LogP contribution < -0.4 is 5.32 Å². The highest BCUT2D eigenvalue weighted by Gasteiger charge is 2.29. The highest BCUT2D eigenvalue weighted by Crippen LogP contribution is 2.21. The first kappa shape index (κ1) is 17.1. The number of carbonyl (C=O) groups is 2. The van der Waals surface area contributed by atoms with E-state index in [0.29, 0.717) is 36.7 Å². The number of aromatic nitrogens is 6. The fourth-order valence-electron chi connectivity index (χ4n) is 3.41. The van der Waals surface area contributed by atoms with Crippen molar-refractivity contribution in [3.8, 4) is 0 Å². The first-order valence-electron chi connectivity index (χ1n) is 9.01. The van der Waals surface area contributed by atoms with Gasteiger partial charge in [-0.05, 0) is 18.6 Å². The minimum absolute atomic E-state index is 0.187. The van der Waals surface area contributed by atoms with Crippen molar-refractivity contribution in [2.24, 2.45) is 0 Å². The monoisotopic (exact) mass is 392 g/mol. The predicted octanol–water partition coefficient (Wildman–Crippen LogP) is 0.569. The Balaban J connectivity index is 1.28. The van der Waals surface area contributed by atoms with E-state index in [2.05, 4.69) is 30.7 Å². The summed E-state index contributed by atoms with van der Waals surface area (Å²) in [7, 11) is 0.